The highest BCUT2D eigenvalue weighted by Gasteiger charge is 2.22. The number of hydrogen-bond donors (Lipinski definition) is 1. The molecule has 7 nitrogen and oxygen atoms in total. The monoisotopic (exact) mass is 506 g/mol. The standard InChI is InChI=1S/C26H21ClF2N6O/c1-16-24-21(25(28)29)11-22(18-7-3-2-4-8-18)32-26(24)35(33-16)15-23(36)31-20-9-5-6-17(10-20)13-34-14-19(27)12-30-34/h2-12,14,25H,13,15H2,1H3,(H,31,36). The van der Waals surface area contributed by atoms with Crippen molar-refractivity contribution in [1.29, 1.82) is 0 Å². The summed E-state index contributed by atoms with van der Waals surface area (Å²) in [6.45, 7) is 1.94. The second-order valence-electron chi connectivity index (χ2n) is 8.31. The van der Waals surface area contributed by atoms with Crippen LogP contribution in [0.4, 0.5) is 14.5 Å². The van der Waals surface area contributed by atoms with Crippen LogP contribution in [0.1, 0.15) is 23.2 Å². The van der Waals surface area contributed by atoms with Crippen molar-refractivity contribution in [3.63, 3.8) is 0 Å². The normalized spacial score (nSPS) is 11.4. The molecule has 0 aliphatic rings. The van der Waals surface area contributed by atoms with Crippen LogP contribution >= 0.6 is 11.6 Å². The van der Waals surface area contributed by atoms with Crippen LogP contribution in [0.5, 0.6) is 0 Å². The number of nitrogens with one attached hydrogen (secondary N) is 1. The van der Waals surface area contributed by atoms with Gasteiger partial charge in [-0.05, 0) is 30.7 Å². The minimum Gasteiger partial charge on any atom is -0.324 e. The molecule has 5 rings (SSSR count). The highest BCUT2D eigenvalue weighted by molar-refractivity contribution is 6.30. The molecule has 0 saturated heterocycles. The van der Waals surface area contributed by atoms with Crippen LogP contribution in [0.15, 0.2) is 73.1 Å². The van der Waals surface area contributed by atoms with Crippen LogP contribution in [0.3, 0.4) is 0 Å². The van der Waals surface area contributed by atoms with E-state index in [0.717, 1.165) is 5.56 Å². The molecule has 3 heterocycles. The van der Waals surface area contributed by atoms with Gasteiger partial charge in [0.2, 0.25) is 5.91 Å². The maximum absolute atomic E-state index is 14.0. The van der Waals surface area contributed by atoms with Gasteiger partial charge in [-0.25, -0.2) is 18.4 Å². The van der Waals surface area contributed by atoms with Crippen LogP contribution in [-0.2, 0) is 17.9 Å². The predicted octanol–water partition coefficient (Wildman–Crippen LogP) is 5.88. The van der Waals surface area contributed by atoms with Crippen molar-refractivity contribution in [1.82, 2.24) is 24.5 Å². The summed E-state index contributed by atoms with van der Waals surface area (Å²) in [5.41, 5.74) is 3.08. The first-order chi connectivity index (χ1) is 17.4. The summed E-state index contributed by atoms with van der Waals surface area (Å²) < 4.78 is 31.0. The van der Waals surface area contributed by atoms with Crippen molar-refractivity contribution in [3.8, 4) is 11.3 Å². The SMILES string of the molecule is Cc1nn(CC(=O)Nc2cccc(Cn3cc(Cl)cn3)c2)c2nc(-c3ccccc3)cc(C(F)F)c12. The van der Waals surface area contributed by atoms with Crippen LogP contribution in [-0.4, -0.2) is 30.5 Å². The highest BCUT2D eigenvalue weighted by atomic mass is 35.5. The number of halogens is 3. The van der Waals surface area contributed by atoms with Gasteiger partial charge in [0.05, 0.1) is 34.5 Å². The summed E-state index contributed by atoms with van der Waals surface area (Å²) in [4.78, 5) is 17.5. The summed E-state index contributed by atoms with van der Waals surface area (Å²) >= 11 is 5.92. The van der Waals surface area contributed by atoms with E-state index in [1.165, 1.54) is 10.7 Å². The maximum Gasteiger partial charge on any atom is 0.264 e. The molecule has 10 heteroatoms. The molecule has 1 N–H and O–H groups in total. The molecular formula is C26H21ClF2N6O. The van der Waals surface area contributed by atoms with Gasteiger partial charge in [0.1, 0.15) is 6.54 Å². The topological polar surface area (TPSA) is 77.6 Å². The fourth-order valence-electron chi connectivity index (χ4n) is 4.12. The molecule has 0 atom stereocenters. The van der Waals surface area contributed by atoms with Crippen molar-refractivity contribution in [3.05, 3.63) is 94.9 Å². The van der Waals surface area contributed by atoms with Crippen molar-refractivity contribution in [2.45, 2.75) is 26.4 Å². The quantitative estimate of drug-likeness (QED) is 0.299. The Labute approximate surface area is 210 Å². The van der Waals surface area contributed by atoms with Gasteiger partial charge in [-0.3, -0.25) is 9.48 Å². The summed E-state index contributed by atoms with van der Waals surface area (Å²) in [7, 11) is 0. The molecule has 0 bridgehead atoms. The number of fused-ring (bicyclic) bond motifs is 1. The number of aryl methyl sites for hydroxylation is 1. The van der Waals surface area contributed by atoms with Gasteiger partial charge in [-0.1, -0.05) is 54.1 Å². The van der Waals surface area contributed by atoms with Crippen LogP contribution in [0, 0.1) is 6.92 Å². The van der Waals surface area contributed by atoms with Crippen molar-refractivity contribution < 1.29 is 13.6 Å². The molecular weight excluding hydrogens is 486 g/mol. The fourth-order valence-corrected chi connectivity index (χ4v) is 4.28. The van der Waals surface area contributed by atoms with E-state index in [1.807, 2.05) is 36.4 Å². The van der Waals surface area contributed by atoms with E-state index in [4.69, 9.17) is 11.6 Å². The first kappa shape index (κ1) is 23.6. The van der Waals surface area contributed by atoms with Gasteiger partial charge >= 0.3 is 0 Å². The van der Waals surface area contributed by atoms with Crippen LogP contribution in [0.2, 0.25) is 5.02 Å². The second-order valence-corrected chi connectivity index (χ2v) is 8.75. The van der Waals surface area contributed by atoms with E-state index in [0.29, 0.717) is 34.2 Å². The lowest BCUT2D eigenvalue weighted by Crippen LogP contribution is -2.20. The Morgan fingerprint density at radius 2 is 1.92 bits per heavy atom. The number of amides is 1. The second kappa shape index (κ2) is 9.87. The van der Waals surface area contributed by atoms with E-state index in [-0.39, 0.29) is 29.0 Å². The minimum atomic E-state index is -2.71. The molecule has 0 spiro atoms. The first-order valence-electron chi connectivity index (χ1n) is 11.2. The molecule has 2 aromatic carbocycles. The van der Waals surface area contributed by atoms with Gasteiger partial charge in [-0.2, -0.15) is 10.2 Å². The molecule has 36 heavy (non-hydrogen) atoms. The van der Waals surface area contributed by atoms with E-state index < -0.39 is 6.43 Å². The van der Waals surface area contributed by atoms with Crippen molar-refractivity contribution in [2.75, 3.05) is 5.32 Å². The van der Waals surface area contributed by atoms with Gasteiger partial charge < -0.3 is 5.32 Å². The number of rotatable bonds is 7. The molecule has 5 aromatic rings. The van der Waals surface area contributed by atoms with Crippen molar-refractivity contribution >= 4 is 34.2 Å². The number of aromatic nitrogens is 5. The largest absolute Gasteiger partial charge is 0.324 e. The summed E-state index contributed by atoms with van der Waals surface area (Å²) in [5, 5.41) is 12.2. The summed E-state index contributed by atoms with van der Waals surface area (Å²) in [6.07, 6.45) is 0.554. The average molecular weight is 507 g/mol. The Balaban J connectivity index is 1.41. The Morgan fingerprint density at radius 3 is 2.64 bits per heavy atom. The molecule has 3 aromatic heterocycles. The van der Waals surface area contributed by atoms with Crippen LogP contribution in [0.25, 0.3) is 22.3 Å². The van der Waals surface area contributed by atoms with Gasteiger partial charge in [-0.15, -0.1) is 0 Å². The number of carbonyl (C=O) groups excluding carboxylic acids is 1. The average Bonchev–Trinajstić information content (AvgIpc) is 3.41. The molecule has 0 unspecified atom stereocenters. The first-order valence-corrected chi connectivity index (χ1v) is 11.5. The molecule has 0 radical (unpaired) electrons. The lowest BCUT2D eigenvalue weighted by atomic mass is 10.1. The number of benzene rings is 2. The van der Waals surface area contributed by atoms with Crippen LogP contribution < -0.4 is 5.32 Å². The zero-order valence-electron chi connectivity index (χ0n) is 19.2. The van der Waals surface area contributed by atoms with Gasteiger partial charge in [0, 0.05) is 23.0 Å². The third-order valence-electron chi connectivity index (χ3n) is 5.66. The predicted molar refractivity (Wildman–Crippen MR) is 134 cm³/mol. The molecule has 0 saturated carbocycles. The number of alkyl halides is 2. The highest BCUT2D eigenvalue weighted by Crippen LogP contribution is 2.33. The third kappa shape index (κ3) is 4.96. The Morgan fingerprint density at radius 1 is 1.11 bits per heavy atom. The number of anilines is 1. The van der Waals surface area contributed by atoms with E-state index >= 15 is 0 Å². The zero-order chi connectivity index (χ0) is 25.2. The minimum absolute atomic E-state index is 0.158. The summed E-state index contributed by atoms with van der Waals surface area (Å²) in [6, 6.07) is 17.8. The number of carbonyl (C=O) groups is 1. The lowest BCUT2D eigenvalue weighted by Gasteiger charge is -2.10. The Kier molecular flexibility index (Phi) is 6.47. The van der Waals surface area contributed by atoms with Gasteiger partial charge in [0.25, 0.3) is 6.43 Å². The molecule has 1 amide bonds. The van der Waals surface area contributed by atoms with E-state index in [2.05, 4.69) is 20.5 Å². The number of pyridine rings is 1. The molecule has 0 fully saturated rings. The Bertz CT molecular complexity index is 1550. The Hall–Kier alpha value is -4.11. The smallest absolute Gasteiger partial charge is 0.264 e. The molecule has 0 aliphatic carbocycles. The lowest BCUT2D eigenvalue weighted by molar-refractivity contribution is -0.116. The molecule has 182 valence electrons. The zero-order valence-corrected chi connectivity index (χ0v) is 20.0. The molecule has 0 aliphatic heterocycles. The number of nitrogens with zero attached hydrogens (tertiary/aromatic N) is 5. The maximum atomic E-state index is 14.0. The summed E-state index contributed by atoms with van der Waals surface area (Å²) in [5.74, 6) is -0.357. The van der Waals surface area contributed by atoms with E-state index in [1.54, 1.807) is 42.2 Å². The van der Waals surface area contributed by atoms with E-state index in [9.17, 15) is 13.6 Å². The third-order valence-corrected chi connectivity index (χ3v) is 5.86. The fraction of sp³-hybridized carbons (Fsp3) is 0.154. The van der Waals surface area contributed by atoms with Gasteiger partial charge in [0.15, 0.2) is 5.65 Å². The van der Waals surface area contributed by atoms with Crippen molar-refractivity contribution in [2.24, 2.45) is 0 Å². The number of hydrogen-bond acceptors (Lipinski definition) is 4.